The Morgan fingerprint density at radius 2 is 2.38 bits per heavy atom. The molecular formula is C12H13ClN2O. The van der Waals surface area contributed by atoms with Gasteiger partial charge in [-0.25, -0.2) is 4.99 Å². The van der Waals surface area contributed by atoms with Gasteiger partial charge in [0.2, 0.25) is 0 Å². The molecule has 1 fully saturated rings. The lowest BCUT2D eigenvalue weighted by Crippen LogP contribution is -2.36. The number of aliphatic hydroxyl groups is 1. The van der Waals surface area contributed by atoms with Crippen LogP contribution in [0.25, 0.3) is 0 Å². The second-order valence-corrected chi connectivity index (χ2v) is 4.74. The predicted molar refractivity (Wildman–Crippen MR) is 64.2 cm³/mol. The molecule has 2 aliphatic heterocycles. The van der Waals surface area contributed by atoms with Crippen molar-refractivity contribution >= 4 is 23.1 Å². The average molecular weight is 237 g/mol. The van der Waals surface area contributed by atoms with E-state index in [-0.39, 0.29) is 12.6 Å². The van der Waals surface area contributed by atoms with Crippen LogP contribution in [-0.2, 0) is 6.54 Å². The van der Waals surface area contributed by atoms with E-state index < -0.39 is 0 Å². The molecule has 2 heterocycles. The largest absolute Gasteiger partial charge is 0.394 e. The molecule has 1 N–H and O–H groups in total. The van der Waals surface area contributed by atoms with Crippen LogP contribution < -0.4 is 0 Å². The normalized spacial score (nSPS) is 22.8. The highest BCUT2D eigenvalue weighted by Crippen LogP contribution is 2.34. The number of nitrogens with zero attached hydrogens (tertiary/aromatic N) is 2. The molecule has 3 rings (SSSR count). The highest BCUT2D eigenvalue weighted by Gasteiger charge is 2.31. The van der Waals surface area contributed by atoms with E-state index in [2.05, 4.69) is 9.89 Å². The Labute approximate surface area is 99.4 Å². The summed E-state index contributed by atoms with van der Waals surface area (Å²) in [5.41, 5.74) is 2.17. The van der Waals surface area contributed by atoms with E-state index in [1.165, 1.54) is 0 Å². The number of hydrogen-bond donors (Lipinski definition) is 1. The van der Waals surface area contributed by atoms with Gasteiger partial charge in [0.15, 0.2) is 0 Å². The summed E-state index contributed by atoms with van der Waals surface area (Å²) in [4.78, 5) is 6.81. The number of aliphatic imine (C=N–C) groups is 1. The van der Waals surface area contributed by atoms with Crippen LogP contribution in [0.4, 0.5) is 5.69 Å². The number of rotatable bonds is 1. The zero-order valence-electron chi connectivity index (χ0n) is 8.86. The zero-order chi connectivity index (χ0) is 11.1. The molecule has 1 aromatic rings. The van der Waals surface area contributed by atoms with E-state index in [1.54, 1.807) is 0 Å². The first-order chi connectivity index (χ1) is 7.78. The molecule has 0 aliphatic carbocycles. The lowest BCUT2D eigenvalue weighted by molar-refractivity contribution is 0.187. The van der Waals surface area contributed by atoms with Crippen LogP contribution in [0.15, 0.2) is 23.2 Å². The summed E-state index contributed by atoms with van der Waals surface area (Å²) in [5.74, 6) is 1.11. The minimum atomic E-state index is 0.203. The zero-order valence-corrected chi connectivity index (χ0v) is 9.61. The third-order valence-corrected chi connectivity index (χ3v) is 3.55. The van der Waals surface area contributed by atoms with Crippen LogP contribution in [0.2, 0.25) is 5.02 Å². The summed E-state index contributed by atoms with van der Waals surface area (Å²) in [5, 5.41) is 10.0. The van der Waals surface area contributed by atoms with Crippen molar-refractivity contribution in [1.82, 2.24) is 4.90 Å². The molecular weight excluding hydrogens is 224 g/mol. The van der Waals surface area contributed by atoms with Crippen LogP contribution in [0.1, 0.15) is 18.4 Å². The molecule has 1 saturated heterocycles. The molecule has 1 atom stereocenters. The summed E-state index contributed by atoms with van der Waals surface area (Å²) in [6.45, 7) is 1.02. The molecule has 0 bridgehead atoms. The average Bonchev–Trinajstić information content (AvgIpc) is 2.68. The summed E-state index contributed by atoms with van der Waals surface area (Å²) in [7, 11) is 0. The lowest BCUT2D eigenvalue weighted by atomic mass is 10.1. The fraction of sp³-hybridized carbons (Fsp3) is 0.417. The molecule has 0 unspecified atom stereocenters. The van der Waals surface area contributed by atoms with Gasteiger partial charge in [-0.15, -0.1) is 0 Å². The Bertz CT molecular complexity index is 458. The van der Waals surface area contributed by atoms with Gasteiger partial charge in [-0.2, -0.15) is 0 Å². The van der Waals surface area contributed by atoms with Crippen molar-refractivity contribution in [2.75, 3.05) is 6.61 Å². The molecule has 1 aromatic carbocycles. The maximum absolute atomic E-state index is 9.28. The summed E-state index contributed by atoms with van der Waals surface area (Å²) in [6, 6.07) is 6.03. The molecule has 0 saturated carbocycles. The Morgan fingerprint density at radius 1 is 1.50 bits per heavy atom. The SMILES string of the molecule is OC[C@@H]1CCC2=Nc3ccc(Cl)cc3CN21. The van der Waals surface area contributed by atoms with E-state index in [0.717, 1.165) is 41.5 Å². The molecule has 2 aliphatic rings. The van der Waals surface area contributed by atoms with Crippen molar-refractivity contribution in [3.8, 4) is 0 Å². The molecule has 84 valence electrons. The smallest absolute Gasteiger partial charge is 0.105 e. The highest BCUT2D eigenvalue weighted by atomic mass is 35.5. The topological polar surface area (TPSA) is 35.8 Å². The van der Waals surface area contributed by atoms with E-state index >= 15 is 0 Å². The van der Waals surface area contributed by atoms with Gasteiger partial charge in [0.1, 0.15) is 5.84 Å². The number of fused-ring (bicyclic) bond motifs is 2. The Hall–Kier alpha value is -1.06. The van der Waals surface area contributed by atoms with Crippen molar-refractivity contribution in [1.29, 1.82) is 0 Å². The van der Waals surface area contributed by atoms with Gasteiger partial charge in [0.25, 0.3) is 0 Å². The van der Waals surface area contributed by atoms with Gasteiger partial charge in [-0.3, -0.25) is 0 Å². The molecule has 0 spiro atoms. The van der Waals surface area contributed by atoms with Crippen molar-refractivity contribution in [2.45, 2.75) is 25.4 Å². The maximum Gasteiger partial charge on any atom is 0.105 e. The standard InChI is InChI=1S/C12H13ClN2O/c13-9-1-3-11-8(5-9)6-15-10(7-16)2-4-12(15)14-11/h1,3,5,10,16H,2,4,6-7H2/t10-/m0/s1. The quantitative estimate of drug-likeness (QED) is 0.813. The molecule has 3 nitrogen and oxygen atoms in total. The Morgan fingerprint density at radius 3 is 3.19 bits per heavy atom. The van der Waals surface area contributed by atoms with Crippen molar-refractivity contribution < 1.29 is 5.11 Å². The van der Waals surface area contributed by atoms with Crippen molar-refractivity contribution in [3.05, 3.63) is 28.8 Å². The minimum absolute atomic E-state index is 0.203. The first kappa shape index (κ1) is 10.1. The first-order valence-corrected chi connectivity index (χ1v) is 5.89. The second-order valence-electron chi connectivity index (χ2n) is 4.30. The molecule has 0 aromatic heterocycles. The summed E-state index contributed by atoms with van der Waals surface area (Å²) >= 11 is 5.97. The van der Waals surface area contributed by atoms with Gasteiger partial charge in [0.05, 0.1) is 18.3 Å². The number of amidine groups is 1. The Balaban J connectivity index is 2.00. The number of aliphatic hydroxyl groups excluding tert-OH is 1. The van der Waals surface area contributed by atoms with Gasteiger partial charge < -0.3 is 10.0 Å². The molecule has 16 heavy (non-hydrogen) atoms. The fourth-order valence-electron chi connectivity index (χ4n) is 2.45. The highest BCUT2D eigenvalue weighted by molar-refractivity contribution is 6.30. The monoisotopic (exact) mass is 236 g/mol. The van der Waals surface area contributed by atoms with E-state index in [0.29, 0.717) is 0 Å². The van der Waals surface area contributed by atoms with Gasteiger partial charge >= 0.3 is 0 Å². The van der Waals surface area contributed by atoms with Crippen molar-refractivity contribution in [3.63, 3.8) is 0 Å². The number of hydrogen-bond acceptors (Lipinski definition) is 3. The van der Waals surface area contributed by atoms with E-state index in [1.807, 2.05) is 18.2 Å². The van der Waals surface area contributed by atoms with Crippen LogP contribution in [0.5, 0.6) is 0 Å². The molecule has 4 heteroatoms. The second kappa shape index (κ2) is 3.75. The van der Waals surface area contributed by atoms with Crippen LogP contribution >= 0.6 is 11.6 Å². The Kier molecular flexibility index (Phi) is 2.37. The molecule has 0 amide bonds. The number of halogens is 1. The molecule has 0 radical (unpaired) electrons. The van der Waals surface area contributed by atoms with Gasteiger partial charge in [0, 0.05) is 18.0 Å². The van der Waals surface area contributed by atoms with Crippen molar-refractivity contribution in [2.24, 2.45) is 4.99 Å². The minimum Gasteiger partial charge on any atom is -0.394 e. The predicted octanol–water partition coefficient (Wildman–Crippen LogP) is 2.34. The van der Waals surface area contributed by atoms with Crippen LogP contribution in [0, 0.1) is 0 Å². The summed E-state index contributed by atoms with van der Waals surface area (Å²) in [6.07, 6.45) is 1.96. The summed E-state index contributed by atoms with van der Waals surface area (Å²) < 4.78 is 0. The lowest BCUT2D eigenvalue weighted by Gasteiger charge is -2.29. The van der Waals surface area contributed by atoms with Gasteiger partial charge in [-0.05, 0) is 30.2 Å². The fourth-order valence-corrected chi connectivity index (χ4v) is 2.64. The van der Waals surface area contributed by atoms with Crippen LogP contribution in [0.3, 0.4) is 0 Å². The maximum atomic E-state index is 9.28. The van der Waals surface area contributed by atoms with Crippen LogP contribution in [-0.4, -0.2) is 28.5 Å². The van der Waals surface area contributed by atoms with E-state index in [4.69, 9.17) is 11.6 Å². The van der Waals surface area contributed by atoms with Gasteiger partial charge in [-0.1, -0.05) is 11.6 Å². The third-order valence-electron chi connectivity index (χ3n) is 3.32. The van der Waals surface area contributed by atoms with E-state index in [9.17, 15) is 5.11 Å². The third kappa shape index (κ3) is 1.51. The number of benzene rings is 1. The first-order valence-electron chi connectivity index (χ1n) is 5.51.